The highest BCUT2D eigenvalue weighted by Gasteiger charge is 2.51. The van der Waals surface area contributed by atoms with Crippen molar-refractivity contribution < 1.29 is 14.4 Å². The third-order valence-corrected chi connectivity index (χ3v) is 3.33. The molecule has 16 heavy (non-hydrogen) atoms. The van der Waals surface area contributed by atoms with E-state index >= 15 is 0 Å². The van der Waals surface area contributed by atoms with Gasteiger partial charge in [-0.25, -0.2) is 0 Å². The molecule has 2 fully saturated rings. The topological polar surface area (TPSA) is 83.7 Å². The lowest BCUT2D eigenvalue weighted by Gasteiger charge is -2.18. The van der Waals surface area contributed by atoms with Crippen molar-refractivity contribution in [2.24, 2.45) is 17.6 Å². The molecule has 2 atom stereocenters. The van der Waals surface area contributed by atoms with Crippen LogP contribution in [0.15, 0.2) is 0 Å². The number of hydrogen-bond donors (Lipinski definition) is 1. The second kappa shape index (κ2) is 3.86. The molecule has 88 valence electrons. The van der Waals surface area contributed by atoms with Crippen LogP contribution in [0.1, 0.15) is 6.42 Å². The normalized spacial score (nSPS) is 28.9. The molecule has 2 rings (SSSR count). The number of carbonyl (C=O) groups is 3. The fourth-order valence-electron chi connectivity index (χ4n) is 2.40. The first-order valence-corrected chi connectivity index (χ1v) is 5.35. The molecule has 2 heterocycles. The first kappa shape index (κ1) is 11.1. The van der Waals surface area contributed by atoms with E-state index in [1.165, 1.54) is 11.9 Å². The maximum absolute atomic E-state index is 11.7. The SMILES string of the molecule is CN1C(=O)C2CN(C(=O)CCN)CC2C1=O. The van der Waals surface area contributed by atoms with E-state index in [1.807, 2.05) is 0 Å². The Kier molecular flexibility index (Phi) is 2.67. The van der Waals surface area contributed by atoms with Crippen molar-refractivity contribution >= 4 is 17.7 Å². The molecule has 0 saturated carbocycles. The molecule has 2 saturated heterocycles. The van der Waals surface area contributed by atoms with Gasteiger partial charge in [-0.05, 0) is 0 Å². The van der Waals surface area contributed by atoms with Crippen LogP contribution in [-0.2, 0) is 14.4 Å². The van der Waals surface area contributed by atoms with E-state index < -0.39 is 0 Å². The molecular formula is C10H15N3O3. The number of rotatable bonds is 2. The summed E-state index contributed by atoms with van der Waals surface area (Å²) in [4.78, 5) is 37.7. The fourth-order valence-corrected chi connectivity index (χ4v) is 2.40. The monoisotopic (exact) mass is 225 g/mol. The maximum Gasteiger partial charge on any atom is 0.234 e. The minimum absolute atomic E-state index is 0.0693. The van der Waals surface area contributed by atoms with Crippen molar-refractivity contribution in [2.75, 3.05) is 26.7 Å². The number of carbonyl (C=O) groups excluding carboxylic acids is 3. The van der Waals surface area contributed by atoms with Crippen LogP contribution in [0.2, 0.25) is 0 Å². The molecular weight excluding hydrogens is 210 g/mol. The predicted molar refractivity (Wildman–Crippen MR) is 55.0 cm³/mol. The van der Waals surface area contributed by atoms with E-state index in [4.69, 9.17) is 5.73 Å². The summed E-state index contributed by atoms with van der Waals surface area (Å²) in [5.74, 6) is -1.07. The van der Waals surface area contributed by atoms with E-state index in [2.05, 4.69) is 0 Å². The van der Waals surface area contributed by atoms with Gasteiger partial charge in [-0.1, -0.05) is 0 Å². The zero-order valence-electron chi connectivity index (χ0n) is 9.18. The molecule has 0 aromatic heterocycles. The van der Waals surface area contributed by atoms with Gasteiger partial charge in [-0.3, -0.25) is 19.3 Å². The average molecular weight is 225 g/mol. The van der Waals surface area contributed by atoms with Gasteiger partial charge in [0.2, 0.25) is 17.7 Å². The van der Waals surface area contributed by atoms with Crippen LogP contribution in [0, 0.1) is 11.8 Å². The van der Waals surface area contributed by atoms with E-state index in [0.29, 0.717) is 19.6 Å². The Hall–Kier alpha value is -1.43. The fraction of sp³-hybridized carbons (Fsp3) is 0.700. The van der Waals surface area contributed by atoms with Crippen molar-refractivity contribution in [1.82, 2.24) is 9.80 Å². The van der Waals surface area contributed by atoms with Crippen molar-refractivity contribution in [2.45, 2.75) is 6.42 Å². The largest absolute Gasteiger partial charge is 0.341 e. The lowest BCUT2D eigenvalue weighted by molar-refractivity contribution is -0.139. The number of fused-ring (bicyclic) bond motifs is 1. The van der Waals surface area contributed by atoms with E-state index in [9.17, 15) is 14.4 Å². The average Bonchev–Trinajstić information content (AvgIpc) is 2.77. The van der Waals surface area contributed by atoms with Crippen molar-refractivity contribution in [3.8, 4) is 0 Å². The van der Waals surface area contributed by atoms with Crippen molar-refractivity contribution in [1.29, 1.82) is 0 Å². The Labute approximate surface area is 93.4 Å². The molecule has 2 N–H and O–H groups in total. The van der Waals surface area contributed by atoms with Gasteiger partial charge in [-0.2, -0.15) is 0 Å². The van der Waals surface area contributed by atoms with Crippen molar-refractivity contribution in [3.05, 3.63) is 0 Å². The molecule has 0 aromatic rings. The highest BCUT2D eigenvalue weighted by molar-refractivity contribution is 6.06. The van der Waals surface area contributed by atoms with Crippen LogP contribution in [0.25, 0.3) is 0 Å². The lowest BCUT2D eigenvalue weighted by atomic mass is 10.00. The Morgan fingerprint density at radius 1 is 1.31 bits per heavy atom. The van der Waals surface area contributed by atoms with E-state index in [-0.39, 0.29) is 36.0 Å². The van der Waals surface area contributed by atoms with Crippen LogP contribution in [0.5, 0.6) is 0 Å². The molecule has 0 radical (unpaired) electrons. The summed E-state index contributed by atoms with van der Waals surface area (Å²) < 4.78 is 0. The molecule has 0 aromatic carbocycles. The summed E-state index contributed by atoms with van der Waals surface area (Å²) >= 11 is 0. The third-order valence-electron chi connectivity index (χ3n) is 3.33. The second-order valence-corrected chi connectivity index (χ2v) is 4.29. The molecule has 2 aliphatic heterocycles. The number of nitrogens with two attached hydrogens (primary N) is 1. The molecule has 3 amide bonds. The molecule has 2 aliphatic rings. The summed E-state index contributed by atoms with van der Waals surface area (Å²) in [6.07, 6.45) is 0.275. The van der Waals surface area contributed by atoms with Crippen molar-refractivity contribution in [3.63, 3.8) is 0 Å². The summed E-state index contributed by atoms with van der Waals surface area (Å²) in [6, 6.07) is 0. The van der Waals surface area contributed by atoms with Gasteiger partial charge < -0.3 is 10.6 Å². The Morgan fingerprint density at radius 2 is 1.81 bits per heavy atom. The molecule has 0 aliphatic carbocycles. The second-order valence-electron chi connectivity index (χ2n) is 4.29. The molecule has 6 heteroatoms. The third kappa shape index (κ3) is 1.49. The number of amides is 3. The highest BCUT2D eigenvalue weighted by atomic mass is 16.2. The predicted octanol–water partition coefficient (Wildman–Crippen LogP) is -1.59. The van der Waals surface area contributed by atoms with Gasteiger partial charge in [0.1, 0.15) is 0 Å². The van der Waals surface area contributed by atoms with Gasteiger partial charge in [-0.15, -0.1) is 0 Å². The summed E-state index contributed by atoms with van der Waals surface area (Å²) in [7, 11) is 1.50. The number of imide groups is 1. The quantitative estimate of drug-likeness (QED) is 0.574. The maximum atomic E-state index is 11.7. The standard InChI is InChI=1S/C10H15N3O3/c1-12-9(15)6-4-13(8(14)2-3-11)5-7(6)10(12)16/h6-7H,2-5,11H2,1H3. The van der Waals surface area contributed by atoms with Gasteiger partial charge in [0.25, 0.3) is 0 Å². The Balaban J connectivity index is 2.07. The summed E-state index contributed by atoms with van der Waals surface area (Å²) in [5.41, 5.74) is 5.30. The van der Waals surface area contributed by atoms with Crippen LogP contribution in [-0.4, -0.2) is 54.2 Å². The molecule has 0 spiro atoms. The smallest absolute Gasteiger partial charge is 0.234 e. The molecule has 0 bridgehead atoms. The first-order chi connectivity index (χ1) is 7.56. The van der Waals surface area contributed by atoms with E-state index in [1.54, 1.807) is 4.90 Å². The number of likely N-dealkylation sites (tertiary alicyclic amines) is 2. The minimum Gasteiger partial charge on any atom is -0.341 e. The Morgan fingerprint density at radius 3 is 2.25 bits per heavy atom. The van der Waals surface area contributed by atoms with E-state index in [0.717, 1.165) is 0 Å². The van der Waals surface area contributed by atoms with Crippen LogP contribution < -0.4 is 5.73 Å². The van der Waals surface area contributed by atoms with Gasteiger partial charge >= 0.3 is 0 Å². The summed E-state index contributed by atoms with van der Waals surface area (Å²) in [5, 5.41) is 0. The Bertz CT molecular complexity index is 331. The van der Waals surface area contributed by atoms with Crippen LogP contribution >= 0.6 is 0 Å². The zero-order chi connectivity index (χ0) is 11.9. The number of hydrogen-bond acceptors (Lipinski definition) is 4. The van der Waals surface area contributed by atoms with Crippen LogP contribution in [0.4, 0.5) is 0 Å². The summed E-state index contributed by atoms with van der Waals surface area (Å²) in [6.45, 7) is 1.02. The lowest BCUT2D eigenvalue weighted by Crippen LogP contribution is -2.36. The molecule has 2 unspecified atom stereocenters. The highest BCUT2D eigenvalue weighted by Crippen LogP contribution is 2.32. The zero-order valence-corrected chi connectivity index (χ0v) is 9.18. The first-order valence-electron chi connectivity index (χ1n) is 5.35. The van der Waals surface area contributed by atoms with Gasteiger partial charge in [0.15, 0.2) is 0 Å². The number of nitrogens with zero attached hydrogens (tertiary/aromatic N) is 2. The van der Waals surface area contributed by atoms with Gasteiger partial charge in [0, 0.05) is 33.1 Å². The minimum atomic E-state index is -0.334. The molecule has 6 nitrogen and oxygen atoms in total. The van der Waals surface area contributed by atoms with Crippen LogP contribution in [0.3, 0.4) is 0 Å². The van der Waals surface area contributed by atoms with Gasteiger partial charge in [0.05, 0.1) is 11.8 Å².